The van der Waals surface area contributed by atoms with Crippen molar-refractivity contribution in [3.05, 3.63) is 29.8 Å². The third-order valence-corrected chi connectivity index (χ3v) is 4.30. The van der Waals surface area contributed by atoms with E-state index < -0.39 is 34.9 Å². The predicted octanol–water partition coefficient (Wildman–Crippen LogP) is 3.73. The molecule has 0 N–H and O–H groups in total. The van der Waals surface area contributed by atoms with Crippen LogP contribution in [0.1, 0.15) is 54.0 Å². The Hall–Kier alpha value is -3.30. The van der Waals surface area contributed by atoms with E-state index >= 15 is 0 Å². The smallest absolute Gasteiger partial charge is 0.496 e. The van der Waals surface area contributed by atoms with Gasteiger partial charge in [-0.05, 0) is 60.6 Å². The van der Waals surface area contributed by atoms with E-state index in [0.29, 0.717) is 16.4 Å². The minimum absolute atomic E-state index is 0.136. The molecule has 1 aromatic carbocycles. The topological polar surface area (TPSA) is 107 Å². The number of hydrogen-bond acceptors (Lipinski definition) is 8. The molecule has 0 aliphatic carbocycles. The van der Waals surface area contributed by atoms with E-state index in [1.165, 1.54) is 21.1 Å². The van der Waals surface area contributed by atoms with Gasteiger partial charge in [0.15, 0.2) is 0 Å². The summed E-state index contributed by atoms with van der Waals surface area (Å²) >= 11 is 0. The molecule has 2 rings (SSSR count). The Bertz CT molecular complexity index is 930. The molecule has 0 radical (unpaired) electrons. The average Bonchev–Trinajstić information content (AvgIpc) is 2.88. The molecule has 0 aromatic heterocycles. The van der Waals surface area contributed by atoms with Crippen LogP contribution in [-0.4, -0.2) is 64.8 Å². The average molecular weight is 450 g/mol. The maximum atomic E-state index is 13.3. The van der Waals surface area contributed by atoms with Crippen molar-refractivity contribution in [2.24, 2.45) is 5.10 Å². The molecular weight excluding hydrogens is 418 g/mol. The molecule has 1 aliphatic rings. The zero-order valence-corrected chi connectivity index (χ0v) is 20.0. The lowest BCUT2D eigenvalue weighted by Crippen LogP contribution is -2.61. The lowest BCUT2D eigenvalue weighted by Gasteiger charge is -2.36. The lowest BCUT2D eigenvalue weighted by molar-refractivity contribution is -0.176. The molecule has 2 amide bonds. The molecule has 10 nitrogen and oxygen atoms in total. The van der Waals surface area contributed by atoms with E-state index in [1.807, 2.05) is 0 Å². The highest BCUT2D eigenvalue weighted by molar-refractivity contribution is 6.25. The van der Waals surface area contributed by atoms with Gasteiger partial charge in [-0.15, -0.1) is 5.06 Å². The summed E-state index contributed by atoms with van der Waals surface area (Å²) in [5, 5.41) is 5.96. The van der Waals surface area contributed by atoms with Crippen molar-refractivity contribution in [2.75, 3.05) is 14.2 Å². The van der Waals surface area contributed by atoms with Gasteiger partial charge in [0.25, 0.3) is 5.91 Å². The fourth-order valence-corrected chi connectivity index (χ4v) is 3.01. The van der Waals surface area contributed by atoms with Crippen molar-refractivity contribution in [3.63, 3.8) is 0 Å². The van der Waals surface area contributed by atoms with E-state index in [0.717, 1.165) is 5.01 Å². The Kier molecular flexibility index (Phi) is 6.77. The summed E-state index contributed by atoms with van der Waals surface area (Å²) < 4.78 is 16.0. The van der Waals surface area contributed by atoms with Gasteiger partial charge in [0.05, 0.1) is 7.11 Å². The number of carbonyl (C=O) groups excluding carboxylic acids is 3. The Morgan fingerprint density at radius 2 is 1.59 bits per heavy atom. The number of benzene rings is 1. The third kappa shape index (κ3) is 5.30. The number of nitrogens with zero attached hydrogens (tertiary/aromatic N) is 3. The van der Waals surface area contributed by atoms with Crippen LogP contribution in [0.5, 0.6) is 5.75 Å². The molecule has 0 fully saturated rings. The Morgan fingerprint density at radius 3 is 2.12 bits per heavy atom. The quantitative estimate of drug-likeness (QED) is 0.511. The summed E-state index contributed by atoms with van der Waals surface area (Å²) in [7, 11) is 2.91. The van der Waals surface area contributed by atoms with Crippen molar-refractivity contribution in [2.45, 2.75) is 65.2 Å². The zero-order valence-electron chi connectivity index (χ0n) is 20.0. The van der Waals surface area contributed by atoms with Crippen molar-refractivity contribution < 1.29 is 33.4 Å². The number of hydroxylamine groups is 2. The fraction of sp³-hybridized carbons (Fsp3) is 0.545. The number of rotatable bonds is 3. The Morgan fingerprint density at radius 1 is 1.03 bits per heavy atom. The van der Waals surface area contributed by atoms with E-state index in [2.05, 4.69) is 5.10 Å². The predicted molar refractivity (Wildman–Crippen MR) is 116 cm³/mol. The number of hydrazone groups is 1. The number of para-hydroxylation sites is 1. The van der Waals surface area contributed by atoms with Crippen molar-refractivity contribution in [1.29, 1.82) is 0 Å². The summed E-state index contributed by atoms with van der Waals surface area (Å²) in [5.41, 5.74) is -3.11. The maximum absolute atomic E-state index is 13.3. The van der Waals surface area contributed by atoms with Crippen LogP contribution < -0.4 is 4.74 Å². The lowest BCUT2D eigenvalue weighted by atomic mass is 9.89. The number of methoxy groups -OCH3 is 1. The molecule has 1 heterocycles. The van der Waals surface area contributed by atoms with Crippen molar-refractivity contribution in [3.8, 4) is 5.75 Å². The second-order valence-corrected chi connectivity index (χ2v) is 9.38. The summed E-state index contributed by atoms with van der Waals surface area (Å²) in [6.07, 6.45) is -2.23. The van der Waals surface area contributed by atoms with E-state index in [9.17, 15) is 14.4 Å². The van der Waals surface area contributed by atoms with Crippen LogP contribution in [0.25, 0.3) is 0 Å². The van der Waals surface area contributed by atoms with Crippen LogP contribution in [0, 0.1) is 0 Å². The molecule has 1 unspecified atom stereocenters. The first-order chi connectivity index (χ1) is 14.6. The molecule has 0 saturated heterocycles. The van der Waals surface area contributed by atoms with Gasteiger partial charge in [-0.1, -0.05) is 12.1 Å². The van der Waals surface area contributed by atoms with Crippen LogP contribution >= 0.6 is 0 Å². The molecule has 176 valence electrons. The number of hydrogen-bond donors (Lipinski definition) is 0. The number of carbonyl (C=O) groups is 3. The van der Waals surface area contributed by atoms with Crippen LogP contribution in [0.4, 0.5) is 9.59 Å². The number of amides is 2. The molecule has 1 aliphatic heterocycles. The largest absolute Gasteiger partial charge is 0.534 e. The molecule has 0 bridgehead atoms. The molecule has 0 spiro atoms. The number of likely N-dealkylation sites (N-methyl/N-ethyl adjacent to an activating group) is 1. The van der Waals surface area contributed by atoms with Crippen molar-refractivity contribution >= 4 is 23.9 Å². The molecule has 0 saturated carbocycles. The molecular formula is C22H31N3O7. The van der Waals surface area contributed by atoms with Gasteiger partial charge in [-0.25, -0.2) is 14.6 Å². The van der Waals surface area contributed by atoms with Crippen LogP contribution in [-0.2, 0) is 19.1 Å². The van der Waals surface area contributed by atoms with Crippen molar-refractivity contribution in [1.82, 2.24) is 10.1 Å². The summed E-state index contributed by atoms with van der Waals surface area (Å²) in [4.78, 5) is 44.2. The first-order valence-corrected chi connectivity index (χ1v) is 10.0. The summed E-state index contributed by atoms with van der Waals surface area (Å²) in [5.74, 6) is -0.199. The SMILES string of the molecule is COc1ccccc1C1=NN(C)C(=O)C1(C)N(OC(=O)OC(C)(C)C)C(=O)OC(C)(C)C. The highest BCUT2D eigenvalue weighted by Gasteiger charge is 2.57. The minimum atomic E-state index is -1.86. The molecule has 32 heavy (non-hydrogen) atoms. The Balaban J connectivity index is 2.61. The fourth-order valence-electron chi connectivity index (χ4n) is 3.01. The maximum Gasteiger partial charge on any atom is 0.534 e. The van der Waals surface area contributed by atoms with E-state index in [-0.39, 0.29) is 5.71 Å². The highest BCUT2D eigenvalue weighted by Crippen LogP contribution is 2.35. The zero-order chi connectivity index (χ0) is 24.5. The first-order valence-electron chi connectivity index (χ1n) is 10.0. The van der Waals surface area contributed by atoms with Gasteiger partial charge in [-0.3, -0.25) is 9.63 Å². The standard InChI is InChI=1S/C22H31N3O7/c1-20(2,3)30-18(27)25(32-19(28)31-21(4,5)6)22(7)16(23-24(8)17(22)26)14-12-10-11-13-15(14)29-9/h10-13H,1-9H3. The van der Waals surface area contributed by atoms with Crippen LogP contribution in [0.3, 0.4) is 0 Å². The number of ether oxygens (including phenoxy) is 3. The van der Waals surface area contributed by atoms with Gasteiger partial charge < -0.3 is 14.2 Å². The minimum Gasteiger partial charge on any atom is -0.496 e. The normalized spacial score (nSPS) is 18.7. The van der Waals surface area contributed by atoms with Crippen LogP contribution in [0.15, 0.2) is 29.4 Å². The van der Waals surface area contributed by atoms with E-state index in [4.69, 9.17) is 19.0 Å². The first kappa shape index (κ1) is 25.0. The summed E-state index contributed by atoms with van der Waals surface area (Å²) in [6.45, 7) is 11.3. The Labute approximate surface area is 188 Å². The third-order valence-electron chi connectivity index (χ3n) is 4.30. The monoisotopic (exact) mass is 449 g/mol. The van der Waals surface area contributed by atoms with Gasteiger partial charge in [0.2, 0.25) is 5.54 Å². The molecule has 1 aromatic rings. The van der Waals surface area contributed by atoms with Gasteiger partial charge >= 0.3 is 12.2 Å². The second kappa shape index (κ2) is 8.68. The second-order valence-electron chi connectivity index (χ2n) is 9.38. The van der Waals surface area contributed by atoms with Gasteiger partial charge in [0.1, 0.15) is 22.7 Å². The van der Waals surface area contributed by atoms with Crippen LogP contribution in [0.2, 0.25) is 0 Å². The van der Waals surface area contributed by atoms with Gasteiger partial charge in [-0.2, -0.15) is 5.10 Å². The molecule has 10 heteroatoms. The van der Waals surface area contributed by atoms with E-state index in [1.54, 1.807) is 65.8 Å². The molecule has 1 atom stereocenters. The van der Waals surface area contributed by atoms with Gasteiger partial charge in [0, 0.05) is 12.6 Å². The highest BCUT2D eigenvalue weighted by atomic mass is 16.8. The summed E-state index contributed by atoms with van der Waals surface area (Å²) in [6, 6.07) is 6.86.